The minimum absolute atomic E-state index is 0.188. The number of carbonyl (C=O) groups is 1. The van der Waals surface area contributed by atoms with Crippen molar-refractivity contribution in [3.05, 3.63) is 87.1 Å². The van der Waals surface area contributed by atoms with Crippen molar-refractivity contribution in [2.75, 3.05) is 11.4 Å². The summed E-state index contributed by atoms with van der Waals surface area (Å²) in [4.78, 5) is 23.2. The predicted octanol–water partition coefficient (Wildman–Crippen LogP) is 5.63. The smallest absolute Gasteiger partial charge is 0.339 e. The number of nitrogens with zero attached hydrogens (tertiary/aromatic N) is 3. The van der Waals surface area contributed by atoms with Crippen LogP contribution >= 0.6 is 15.9 Å². The van der Waals surface area contributed by atoms with Gasteiger partial charge in [-0.05, 0) is 60.9 Å². The van der Waals surface area contributed by atoms with Crippen LogP contribution < -0.4 is 4.90 Å². The van der Waals surface area contributed by atoms with Crippen LogP contribution in [0.2, 0.25) is 0 Å². The molecule has 1 aliphatic heterocycles. The molecule has 1 atom stereocenters. The first-order chi connectivity index (χ1) is 15.0. The molecule has 1 aromatic heterocycles. The number of aryl methyl sites for hydroxylation is 3. The van der Waals surface area contributed by atoms with Gasteiger partial charge in [0.1, 0.15) is 0 Å². The van der Waals surface area contributed by atoms with E-state index in [9.17, 15) is 9.90 Å². The Hall–Kier alpha value is -2.73. The van der Waals surface area contributed by atoms with E-state index in [1.54, 1.807) is 0 Å². The van der Waals surface area contributed by atoms with Gasteiger partial charge in [-0.2, -0.15) is 0 Å². The molecule has 0 bridgehead atoms. The normalized spacial score (nSPS) is 15.9. The number of hydrogen-bond acceptors (Lipinski definition) is 4. The van der Waals surface area contributed by atoms with E-state index in [4.69, 9.17) is 4.98 Å². The van der Waals surface area contributed by atoms with Gasteiger partial charge in [-0.25, -0.2) is 14.8 Å². The lowest BCUT2D eigenvalue weighted by molar-refractivity contribution is 0.0694. The van der Waals surface area contributed by atoms with E-state index >= 15 is 0 Å². The highest BCUT2D eigenvalue weighted by atomic mass is 79.9. The van der Waals surface area contributed by atoms with Gasteiger partial charge < -0.3 is 10.0 Å². The maximum Gasteiger partial charge on any atom is 0.339 e. The number of hydrogen-bond donors (Lipinski definition) is 1. The highest BCUT2D eigenvalue weighted by Crippen LogP contribution is 2.35. The molecule has 0 spiro atoms. The first-order valence-electron chi connectivity index (χ1n) is 10.7. The third kappa shape index (κ3) is 4.96. The average molecular weight is 480 g/mol. The van der Waals surface area contributed by atoms with Gasteiger partial charge in [0.05, 0.1) is 17.3 Å². The van der Waals surface area contributed by atoms with E-state index in [1.807, 2.05) is 0 Å². The van der Waals surface area contributed by atoms with Gasteiger partial charge in [-0.1, -0.05) is 59.3 Å². The Bertz CT molecular complexity index is 1050. The van der Waals surface area contributed by atoms with Crippen molar-refractivity contribution >= 4 is 27.8 Å². The summed E-state index contributed by atoms with van der Waals surface area (Å²) < 4.78 is 1.05. The van der Waals surface area contributed by atoms with Gasteiger partial charge in [0.2, 0.25) is 5.95 Å². The van der Waals surface area contributed by atoms with Crippen molar-refractivity contribution in [3.8, 4) is 0 Å². The van der Waals surface area contributed by atoms with E-state index in [0.29, 0.717) is 18.1 Å². The summed E-state index contributed by atoms with van der Waals surface area (Å²) in [6.45, 7) is 3.00. The number of anilines is 1. The molecular weight excluding hydrogens is 454 g/mol. The summed E-state index contributed by atoms with van der Waals surface area (Å²) in [7, 11) is 0. The topological polar surface area (TPSA) is 66.3 Å². The van der Waals surface area contributed by atoms with Crippen LogP contribution in [0.15, 0.2) is 59.2 Å². The molecule has 0 radical (unpaired) electrons. The molecule has 6 heteroatoms. The SMILES string of the molecule is CCc1ccc(CCc2nc(N3CCCC3c3ccc(Br)cc3)ncc2C(=O)O)cc1. The summed E-state index contributed by atoms with van der Waals surface area (Å²) in [5, 5.41) is 9.65. The maximum atomic E-state index is 11.8. The van der Waals surface area contributed by atoms with E-state index in [-0.39, 0.29) is 11.6 Å². The highest BCUT2D eigenvalue weighted by molar-refractivity contribution is 9.10. The lowest BCUT2D eigenvalue weighted by Gasteiger charge is -2.25. The molecule has 1 saturated heterocycles. The van der Waals surface area contributed by atoms with Gasteiger partial charge in [0.15, 0.2) is 0 Å². The minimum Gasteiger partial charge on any atom is -0.478 e. The van der Waals surface area contributed by atoms with Crippen molar-refractivity contribution in [1.82, 2.24) is 9.97 Å². The number of carboxylic acid groups (broad SMARTS) is 1. The summed E-state index contributed by atoms with van der Waals surface area (Å²) in [5.74, 6) is -0.361. The van der Waals surface area contributed by atoms with Crippen LogP contribution in [0.25, 0.3) is 0 Å². The molecule has 0 amide bonds. The van der Waals surface area contributed by atoms with Crippen LogP contribution in [0.5, 0.6) is 0 Å². The fraction of sp³-hybridized carbons (Fsp3) is 0.320. The maximum absolute atomic E-state index is 11.8. The monoisotopic (exact) mass is 479 g/mol. The lowest BCUT2D eigenvalue weighted by atomic mass is 10.0. The van der Waals surface area contributed by atoms with Crippen LogP contribution in [0, 0.1) is 0 Å². The number of rotatable bonds is 7. The summed E-state index contributed by atoms with van der Waals surface area (Å²) >= 11 is 3.50. The van der Waals surface area contributed by atoms with Gasteiger partial charge >= 0.3 is 5.97 Å². The van der Waals surface area contributed by atoms with Gasteiger partial charge in [0, 0.05) is 17.2 Å². The average Bonchev–Trinajstić information content (AvgIpc) is 3.28. The van der Waals surface area contributed by atoms with Crippen molar-refractivity contribution in [3.63, 3.8) is 0 Å². The van der Waals surface area contributed by atoms with E-state index < -0.39 is 5.97 Å². The molecule has 31 heavy (non-hydrogen) atoms. The molecule has 4 rings (SSSR count). The Morgan fingerprint density at radius 2 is 1.81 bits per heavy atom. The summed E-state index contributed by atoms with van der Waals surface area (Å²) in [6.07, 6.45) is 5.89. The van der Waals surface area contributed by atoms with Crippen LogP contribution in [0.3, 0.4) is 0 Å². The standard InChI is InChI=1S/C25H26BrN3O2/c1-2-17-5-7-18(8-6-17)9-14-22-21(24(30)31)16-27-25(28-22)29-15-3-4-23(29)19-10-12-20(26)13-11-19/h5-8,10-13,16,23H,2-4,9,14-15H2,1H3,(H,30,31). The number of halogens is 1. The van der Waals surface area contributed by atoms with Crippen molar-refractivity contribution in [2.24, 2.45) is 0 Å². The van der Waals surface area contributed by atoms with Gasteiger partial charge in [0.25, 0.3) is 0 Å². The fourth-order valence-electron chi connectivity index (χ4n) is 4.16. The van der Waals surface area contributed by atoms with E-state index in [0.717, 1.165) is 36.7 Å². The third-order valence-corrected chi connectivity index (χ3v) is 6.46. The summed E-state index contributed by atoms with van der Waals surface area (Å²) in [5.41, 5.74) is 4.49. The molecular formula is C25H26BrN3O2. The van der Waals surface area contributed by atoms with Crippen molar-refractivity contribution < 1.29 is 9.90 Å². The van der Waals surface area contributed by atoms with E-state index in [1.165, 1.54) is 22.9 Å². The molecule has 0 saturated carbocycles. The molecule has 0 aliphatic carbocycles. The molecule has 1 unspecified atom stereocenters. The Balaban J connectivity index is 1.58. The minimum atomic E-state index is -0.978. The van der Waals surface area contributed by atoms with Gasteiger partial charge in [-0.15, -0.1) is 0 Å². The lowest BCUT2D eigenvalue weighted by Crippen LogP contribution is -2.25. The number of aromatic carboxylic acids is 1. The van der Waals surface area contributed by atoms with E-state index in [2.05, 4.69) is 81.3 Å². The zero-order chi connectivity index (χ0) is 21.8. The Morgan fingerprint density at radius 3 is 2.48 bits per heavy atom. The second-order valence-electron chi connectivity index (χ2n) is 7.91. The zero-order valence-corrected chi connectivity index (χ0v) is 19.2. The predicted molar refractivity (Wildman–Crippen MR) is 126 cm³/mol. The van der Waals surface area contributed by atoms with Crippen molar-refractivity contribution in [1.29, 1.82) is 0 Å². The number of aromatic nitrogens is 2. The van der Waals surface area contributed by atoms with Gasteiger partial charge in [-0.3, -0.25) is 0 Å². The van der Waals surface area contributed by atoms with Crippen molar-refractivity contribution in [2.45, 2.75) is 45.1 Å². The summed E-state index contributed by atoms with van der Waals surface area (Å²) in [6, 6.07) is 17.1. The number of benzene rings is 2. The molecule has 1 fully saturated rings. The fourth-order valence-corrected chi connectivity index (χ4v) is 4.42. The third-order valence-electron chi connectivity index (χ3n) is 5.93. The Morgan fingerprint density at radius 1 is 1.10 bits per heavy atom. The second-order valence-corrected chi connectivity index (χ2v) is 8.82. The molecule has 2 aromatic carbocycles. The zero-order valence-electron chi connectivity index (χ0n) is 17.6. The first-order valence-corrected chi connectivity index (χ1v) is 11.5. The Labute approximate surface area is 191 Å². The van der Waals surface area contributed by atoms with Crippen LogP contribution in [0.4, 0.5) is 5.95 Å². The quantitative estimate of drug-likeness (QED) is 0.475. The number of carboxylic acids is 1. The molecule has 1 aliphatic rings. The van der Waals surface area contributed by atoms with Crippen LogP contribution in [-0.2, 0) is 19.3 Å². The Kier molecular flexibility index (Phi) is 6.66. The van der Waals surface area contributed by atoms with Crippen LogP contribution in [0.1, 0.15) is 58.5 Å². The van der Waals surface area contributed by atoms with Crippen LogP contribution in [-0.4, -0.2) is 27.6 Å². The molecule has 5 nitrogen and oxygen atoms in total. The highest BCUT2D eigenvalue weighted by Gasteiger charge is 2.29. The molecule has 2 heterocycles. The molecule has 160 valence electrons. The first kappa shape index (κ1) is 21.5. The molecule has 1 N–H and O–H groups in total. The second kappa shape index (κ2) is 9.60. The molecule has 3 aromatic rings. The largest absolute Gasteiger partial charge is 0.478 e.